The number of nitrogens with zero attached hydrogens (tertiary/aromatic N) is 1. The number of hydrogen-bond donors (Lipinski definition) is 2. The van der Waals surface area contributed by atoms with Gasteiger partial charge in [0.15, 0.2) is 0 Å². The minimum absolute atomic E-state index is 0.183. The first-order valence-corrected chi connectivity index (χ1v) is 10.4. The lowest BCUT2D eigenvalue weighted by Crippen LogP contribution is -2.30. The Hall–Kier alpha value is -2.22. The summed E-state index contributed by atoms with van der Waals surface area (Å²) in [6.07, 6.45) is 0. The number of carbonyl (C=O) groups excluding carboxylic acids is 1. The molecule has 2 aromatic carbocycles. The van der Waals surface area contributed by atoms with Crippen LogP contribution in [0.15, 0.2) is 41.3 Å². The van der Waals surface area contributed by atoms with Crippen LogP contribution in [0.5, 0.6) is 0 Å². The number of amides is 1. The number of nitrogens with one attached hydrogen (secondary N) is 1. The van der Waals surface area contributed by atoms with Crippen LogP contribution in [0.4, 0.5) is 5.69 Å². The van der Waals surface area contributed by atoms with Gasteiger partial charge in [0.05, 0.1) is 4.90 Å². The molecule has 0 aliphatic heterocycles. The van der Waals surface area contributed by atoms with Gasteiger partial charge in [0.1, 0.15) is 0 Å². The van der Waals surface area contributed by atoms with Crippen molar-refractivity contribution in [1.82, 2.24) is 4.31 Å². The Morgan fingerprint density at radius 3 is 2.19 bits per heavy atom. The Balaban J connectivity index is 2.39. The number of benzene rings is 2. The monoisotopic (exact) mass is 389 g/mol. The van der Waals surface area contributed by atoms with Crippen molar-refractivity contribution in [3.05, 3.63) is 58.7 Å². The van der Waals surface area contributed by atoms with Crippen molar-refractivity contribution >= 4 is 21.6 Å². The van der Waals surface area contributed by atoms with Crippen LogP contribution >= 0.6 is 0 Å². The standard InChI is InChI=1S/C20H27N3O3S/c1-5-23(6-2)27(25,26)18-11-14(3)15(4)19(12-18)22-20(24)17-9-7-16(13-21)8-10-17/h7-12H,5-6,13,21H2,1-4H3,(H,22,24). The minimum atomic E-state index is -3.60. The van der Waals surface area contributed by atoms with Crippen molar-refractivity contribution in [3.8, 4) is 0 Å². The molecule has 3 N–H and O–H groups in total. The van der Waals surface area contributed by atoms with Crippen LogP contribution in [0, 0.1) is 13.8 Å². The van der Waals surface area contributed by atoms with Crippen molar-refractivity contribution in [1.29, 1.82) is 0 Å². The highest BCUT2D eigenvalue weighted by Gasteiger charge is 2.23. The smallest absolute Gasteiger partial charge is 0.255 e. The normalized spacial score (nSPS) is 11.6. The predicted octanol–water partition coefficient (Wildman–Crippen LogP) is 3.04. The molecule has 2 aromatic rings. The summed E-state index contributed by atoms with van der Waals surface area (Å²) in [6.45, 7) is 8.48. The predicted molar refractivity (Wildman–Crippen MR) is 108 cm³/mol. The second kappa shape index (κ2) is 8.65. The zero-order chi connectivity index (χ0) is 20.2. The van der Waals surface area contributed by atoms with Crippen molar-refractivity contribution in [2.75, 3.05) is 18.4 Å². The Morgan fingerprint density at radius 1 is 1.07 bits per heavy atom. The van der Waals surface area contributed by atoms with E-state index in [1.807, 2.05) is 13.8 Å². The molecule has 0 atom stereocenters. The summed E-state index contributed by atoms with van der Waals surface area (Å²) in [5, 5.41) is 2.84. The Morgan fingerprint density at radius 2 is 1.67 bits per heavy atom. The van der Waals surface area contributed by atoms with Gasteiger partial charge < -0.3 is 11.1 Å². The van der Waals surface area contributed by atoms with Gasteiger partial charge in [0, 0.05) is 30.9 Å². The number of rotatable bonds is 7. The lowest BCUT2D eigenvalue weighted by atomic mass is 10.1. The summed E-state index contributed by atoms with van der Waals surface area (Å²) in [5.74, 6) is -0.293. The van der Waals surface area contributed by atoms with Crippen molar-refractivity contribution in [3.63, 3.8) is 0 Å². The lowest BCUT2D eigenvalue weighted by Gasteiger charge is -2.20. The molecular formula is C20H27N3O3S. The first-order valence-electron chi connectivity index (χ1n) is 8.96. The van der Waals surface area contributed by atoms with Gasteiger partial charge in [-0.1, -0.05) is 26.0 Å². The van der Waals surface area contributed by atoms with Gasteiger partial charge in [0.2, 0.25) is 10.0 Å². The average Bonchev–Trinajstić information content (AvgIpc) is 2.65. The summed E-state index contributed by atoms with van der Waals surface area (Å²) < 4.78 is 27.1. The minimum Gasteiger partial charge on any atom is -0.326 e. The summed E-state index contributed by atoms with van der Waals surface area (Å²) in [5.41, 5.74) is 9.13. The molecule has 2 rings (SSSR count). The van der Waals surface area contributed by atoms with Crippen LogP contribution in [-0.2, 0) is 16.6 Å². The highest BCUT2D eigenvalue weighted by Crippen LogP contribution is 2.26. The van der Waals surface area contributed by atoms with E-state index in [2.05, 4.69) is 5.32 Å². The van der Waals surface area contributed by atoms with Crippen LogP contribution in [0.2, 0.25) is 0 Å². The molecule has 7 heteroatoms. The first kappa shape index (κ1) is 21.1. The Labute approximate surface area is 161 Å². The van der Waals surface area contributed by atoms with Crippen LogP contribution < -0.4 is 11.1 Å². The van der Waals surface area contributed by atoms with Gasteiger partial charge in [-0.25, -0.2) is 8.42 Å². The molecule has 0 unspecified atom stereocenters. The first-order chi connectivity index (χ1) is 12.7. The molecule has 0 aliphatic carbocycles. The lowest BCUT2D eigenvalue weighted by molar-refractivity contribution is 0.102. The van der Waals surface area contributed by atoms with Gasteiger partial charge in [-0.05, 0) is 54.8 Å². The molecular weight excluding hydrogens is 362 g/mol. The molecule has 27 heavy (non-hydrogen) atoms. The highest BCUT2D eigenvalue weighted by atomic mass is 32.2. The molecule has 0 aliphatic rings. The second-order valence-corrected chi connectivity index (χ2v) is 8.30. The van der Waals surface area contributed by atoms with Crippen LogP contribution in [0.3, 0.4) is 0 Å². The van der Waals surface area contributed by atoms with E-state index in [1.54, 1.807) is 44.2 Å². The fraction of sp³-hybridized carbons (Fsp3) is 0.350. The van der Waals surface area contributed by atoms with Crippen molar-refractivity contribution < 1.29 is 13.2 Å². The molecule has 0 heterocycles. The fourth-order valence-electron chi connectivity index (χ4n) is 2.80. The largest absolute Gasteiger partial charge is 0.326 e. The third-order valence-corrected chi connectivity index (χ3v) is 6.71. The quantitative estimate of drug-likeness (QED) is 0.761. The Bertz CT molecular complexity index is 918. The Kier molecular flexibility index (Phi) is 6.75. The zero-order valence-corrected chi connectivity index (χ0v) is 17.1. The molecule has 0 spiro atoms. The number of carbonyl (C=O) groups is 1. The summed E-state index contributed by atoms with van der Waals surface area (Å²) in [6, 6.07) is 10.2. The summed E-state index contributed by atoms with van der Waals surface area (Å²) >= 11 is 0. The third kappa shape index (κ3) is 4.55. The molecule has 0 bridgehead atoms. The number of hydrogen-bond acceptors (Lipinski definition) is 4. The van der Waals surface area contributed by atoms with Gasteiger partial charge >= 0.3 is 0 Å². The number of nitrogens with two attached hydrogens (primary N) is 1. The summed E-state index contributed by atoms with van der Waals surface area (Å²) in [4.78, 5) is 12.8. The topological polar surface area (TPSA) is 92.5 Å². The maximum absolute atomic E-state index is 12.8. The van der Waals surface area contributed by atoms with Crippen molar-refractivity contribution in [2.45, 2.75) is 39.1 Å². The number of anilines is 1. The van der Waals surface area contributed by atoms with Crippen LogP contribution in [0.1, 0.15) is 40.9 Å². The van der Waals surface area contributed by atoms with Gasteiger partial charge in [-0.3, -0.25) is 4.79 Å². The second-order valence-electron chi connectivity index (χ2n) is 6.36. The third-order valence-electron chi connectivity index (χ3n) is 4.68. The SMILES string of the molecule is CCN(CC)S(=O)(=O)c1cc(C)c(C)c(NC(=O)c2ccc(CN)cc2)c1. The molecule has 0 radical (unpaired) electrons. The molecule has 1 amide bonds. The molecule has 0 saturated heterocycles. The van der Waals surface area contributed by atoms with E-state index in [-0.39, 0.29) is 10.8 Å². The van der Waals surface area contributed by atoms with Crippen LogP contribution in [0.25, 0.3) is 0 Å². The maximum atomic E-state index is 12.8. The van der Waals surface area contributed by atoms with E-state index in [0.29, 0.717) is 30.9 Å². The van der Waals surface area contributed by atoms with E-state index in [9.17, 15) is 13.2 Å². The fourth-order valence-corrected chi connectivity index (χ4v) is 4.37. The maximum Gasteiger partial charge on any atom is 0.255 e. The summed E-state index contributed by atoms with van der Waals surface area (Å²) in [7, 11) is -3.60. The van der Waals surface area contributed by atoms with E-state index in [0.717, 1.165) is 16.7 Å². The zero-order valence-electron chi connectivity index (χ0n) is 16.2. The van der Waals surface area contributed by atoms with Crippen LogP contribution in [-0.4, -0.2) is 31.7 Å². The van der Waals surface area contributed by atoms with E-state index < -0.39 is 10.0 Å². The van der Waals surface area contributed by atoms with E-state index in [4.69, 9.17) is 5.73 Å². The molecule has 0 fully saturated rings. The van der Waals surface area contributed by atoms with Crippen molar-refractivity contribution in [2.24, 2.45) is 5.73 Å². The van der Waals surface area contributed by atoms with Gasteiger partial charge in [-0.2, -0.15) is 4.31 Å². The highest BCUT2D eigenvalue weighted by molar-refractivity contribution is 7.89. The van der Waals surface area contributed by atoms with E-state index >= 15 is 0 Å². The number of aryl methyl sites for hydroxylation is 1. The van der Waals surface area contributed by atoms with Gasteiger partial charge in [0.25, 0.3) is 5.91 Å². The number of sulfonamides is 1. The molecule has 6 nitrogen and oxygen atoms in total. The molecule has 0 aromatic heterocycles. The van der Waals surface area contributed by atoms with E-state index in [1.165, 1.54) is 10.4 Å². The average molecular weight is 390 g/mol. The molecule has 146 valence electrons. The molecule has 0 saturated carbocycles. The van der Waals surface area contributed by atoms with Gasteiger partial charge in [-0.15, -0.1) is 0 Å².